The topological polar surface area (TPSA) is 42.1 Å². The van der Waals surface area contributed by atoms with Gasteiger partial charge in [-0.1, -0.05) is 23.7 Å². The highest BCUT2D eigenvalue weighted by Crippen LogP contribution is 2.37. The Kier molecular flexibility index (Phi) is 6.04. The summed E-state index contributed by atoms with van der Waals surface area (Å²) in [4.78, 5) is 16.5. The number of hydrogen-bond donors (Lipinski definition) is 1. The maximum Gasteiger partial charge on any atom is 0.169 e. The number of methoxy groups -OCH3 is 1. The van der Waals surface area contributed by atoms with E-state index in [2.05, 4.69) is 38.3 Å². The molecule has 0 fully saturated rings. The SMILES string of the molecule is COc1cc(Cl)cc(-c2cccc([N+](C)(C)C)c2)c1CC(=O)c1c[nH]c2cc(F)c(C)cc12. The van der Waals surface area contributed by atoms with Crippen molar-refractivity contribution >= 4 is 34.0 Å². The molecule has 0 unspecified atom stereocenters. The Balaban J connectivity index is 1.82. The number of aromatic amines is 1. The van der Waals surface area contributed by atoms with Crippen LogP contribution in [-0.2, 0) is 6.42 Å². The predicted molar refractivity (Wildman–Crippen MR) is 134 cm³/mol. The second kappa shape index (κ2) is 8.65. The molecule has 170 valence electrons. The van der Waals surface area contributed by atoms with Gasteiger partial charge in [0.25, 0.3) is 0 Å². The van der Waals surface area contributed by atoms with Gasteiger partial charge in [-0.2, -0.15) is 0 Å². The van der Waals surface area contributed by atoms with Crippen molar-refractivity contribution in [3.63, 3.8) is 0 Å². The van der Waals surface area contributed by atoms with E-state index < -0.39 is 0 Å². The molecule has 4 aromatic rings. The summed E-state index contributed by atoms with van der Waals surface area (Å²) in [7, 11) is 7.88. The smallest absolute Gasteiger partial charge is 0.169 e. The van der Waals surface area contributed by atoms with E-state index in [9.17, 15) is 9.18 Å². The van der Waals surface area contributed by atoms with Gasteiger partial charge >= 0.3 is 0 Å². The number of fused-ring (bicyclic) bond motifs is 1. The highest BCUT2D eigenvalue weighted by atomic mass is 35.5. The van der Waals surface area contributed by atoms with Crippen molar-refractivity contribution in [1.82, 2.24) is 9.47 Å². The molecule has 4 rings (SSSR count). The Bertz CT molecular complexity index is 1370. The van der Waals surface area contributed by atoms with Gasteiger partial charge in [0.1, 0.15) is 17.3 Å². The first kappa shape index (κ1) is 23.0. The minimum absolute atomic E-state index is 0.0862. The van der Waals surface area contributed by atoms with Gasteiger partial charge in [-0.05, 0) is 53.9 Å². The van der Waals surface area contributed by atoms with Crippen LogP contribution in [0.5, 0.6) is 5.75 Å². The molecule has 0 bridgehead atoms. The molecule has 6 heteroatoms. The zero-order valence-corrected chi connectivity index (χ0v) is 20.2. The molecule has 0 atom stereocenters. The number of nitrogens with one attached hydrogen (secondary N) is 1. The van der Waals surface area contributed by atoms with Crippen molar-refractivity contribution in [2.24, 2.45) is 0 Å². The molecule has 0 radical (unpaired) electrons. The predicted octanol–water partition coefficient (Wildman–Crippen LogP) is 6.57. The zero-order chi connectivity index (χ0) is 23.9. The number of halogens is 2. The summed E-state index contributed by atoms with van der Waals surface area (Å²) in [5.41, 5.74) is 5.32. The van der Waals surface area contributed by atoms with Gasteiger partial charge < -0.3 is 9.72 Å². The van der Waals surface area contributed by atoms with Crippen molar-refractivity contribution in [3.05, 3.63) is 82.3 Å². The lowest BCUT2D eigenvalue weighted by Gasteiger charge is -2.24. The summed E-state index contributed by atoms with van der Waals surface area (Å²) >= 11 is 6.42. The number of nitrogens with zero attached hydrogens (tertiary/aromatic N) is 1. The van der Waals surface area contributed by atoms with Crippen LogP contribution in [0.25, 0.3) is 22.0 Å². The number of benzene rings is 3. The Morgan fingerprint density at radius 1 is 1.12 bits per heavy atom. The van der Waals surface area contributed by atoms with Crippen LogP contribution in [0.2, 0.25) is 5.02 Å². The van der Waals surface area contributed by atoms with Crippen LogP contribution >= 0.6 is 11.6 Å². The van der Waals surface area contributed by atoms with Crippen molar-refractivity contribution in [2.45, 2.75) is 13.3 Å². The third-order valence-corrected chi connectivity index (χ3v) is 6.14. The molecule has 1 heterocycles. The van der Waals surface area contributed by atoms with E-state index in [1.165, 1.54) is 6.07 Å². The molecular weight excluding hydrogens is 439 g/mol. The average Bonchev–Trinajstić information content (AvgIpc) is 3.17. The Hall–Kier alpha value is -3.15. The molecule has 0 aliphatic heterocycles. The van der Waals surface area contributed by atoms with Crippen molar-refractivity contribution in [2.75, 3.05) is 28.3 Å². The van der Waals surface area contributed by atoms with E-state index in [1.54, 1.807) is 32.4 Å². The molecule has 33 heavy (non-hydrogen) atoms. The van der Waals surface area contributed by atoms with Gasteiger partial charge in [-0.15, -0.1) is 0 Å². The maximum atomic E-state index is 14.0. The summed E-state index contributed by atoms with van der Waals surface area (Å²) < 4.78 is 20.3. The molecule has 1 N–H and O–H groups in total. The molecule has 0 aliphatic rings. The molecule has 4 nitrogen and oxygen atoms in total. The number of carbonyl (C=O) groups is 1. The summed E-state index contributed by atoms with van der Waals surface area (Å²) in [5, 5.41) is 1.24. The van der Waals surface area contributed by atoms with Crippen LogP contribution in [0, 0.1) is 12.7 Å². The number of H-pyrrole nitrogens is 1. The van der Waals surface area contributed by atoms with Crippen LogP contribution < -0.4 is 9.22 Å². The fraction of sp³-hybridized carbons (Fsp3) is 0.222. The van der Waals surface area contributed by atoms with E-state index >= 15 is 0 Å². The quantitative estimate of drug-likeness (QED) is 0.258. The van der Waals surface area contributed by atoms with Gasteiger partial charge in [0.2, 0.25) is 0 Å². The fourth-order valence-electron chi connectivity index (χ4n) is 4.06. The molecule has 0 aliphatic carbocycles. The standard InChI is InChI=1S/C27H26ClFN2O2/c1-16-9-21-23(15-30-25(21)14-24(16)29)26(32)13-22-20(11-18(28)12-27(22)33-5)17-7-6-8-19(10-17)31(2,3)4/h6-12,14-15H,13H2,1-5H3/p+1. The van der Waals surface area contributed by atoms with Crippen LogP contribution in [0.4, 0.5) is 10.1 Å². The van der Waals surface area contributed by atoms with E-state index in [0.717, 1.165) is 22.4 Å². The number of rotatable bonds is 6. The maximum absolute atomic E-state index is 14.0. The van der Waals surface area contributed by atoms with E-state index in [-0.39, 0.29) is 18.0 Å². The molecule has 0 saturated carbocycles. The number of ether oxygens (including phenoxy) is 1. The Morgan fingerprint density at radius 3 is 2.58 bits per heavy atom. The van der Waals surface area contributed by atoms with Crippen LogP contribution in [0.15, 0.2) is 54.7 Å². The second-order valence-electron chi connectivity index (χ2n) is 9.15. The second-order valence-corrected chi connectivity index (χ2v) is 9.58. The normalized spacial score (nSPS) is 11.7. The van der Waals surface area contributed by atoms with Crippen LogP contribution in [0.1, 0.15) is 21.5 Å². The number of carbonyl (C=O) groups excluding carboxylic acids is 1. The zero-order valence-electron chi connectivity index (χ0n) is 19.4. The van der Waals surface area contributed by atoms with Crippen LogP contribution in [0.3, 0.4) is 0 Å². The minimum Gasteiger partial charge on any atom is -0.496 e. The monoisotopic (exact) mass is 465 g/mol. The van der Waals surface area contributed by atoms with E-state index in [1.807, 2.05) is 18.2 Å². The van der Waals surface area contributed by atoms with Gasteiger partial charge in [0.15, 0.2) is 5.78 Å². The molecule has 1 aromatic heterocycles. The highest BCUT2D eigenvalue weighted by molar-refractivity contribution is 6.31. The molecule has 0 spiro atoms. The summed E-state index contributed by atoms with van der Waals surface area (Å²) in [5.74, 6) is 0.169. The van der Waals surface area contributed by atoms with Gasteiger partial charge in [-0.3, -0.25) is 9.28 Å². The van der Waals surface area contributed by atoms with Gasteiger partial charge in [-0.25, -0.2) is 4.39 Å². The average molecular weight is 466 g/mol. The number of hydrogen-bond acceptors (Lipinski definition) is 2. The van der Waals surface area contributed by atoms with Crippen molar-refractivity contribution < 1.29 is 13.9 Å². The summed E-state index contributed by atoms with van der Waals surface area (Å²) in [6.45, 7) is 1.69. The summed E-state index contributed by atoms with van der Waals surface area (Å²) in [6, 6.07) is 14.9. The lowest BCUT2D eigenvalue weighted by Crippen LogP contribution is -2.34. The minimum atomic E-state index is -0.304. The number of ketones is 1. The Labute approximate surface area is 198 Å². The third-order valence-electron chi connectivity index (χ3n) is 5.92. The lowest BCUT2D eigenvalue weighted by atomic mass is 9.93. The first-order valence-electron chi connectivity index (χ1n) is 10.7. The first-order chi connectivity index (χ1) is 15.6. The van der Waals surface area contributed by atoms with Gasteiger partial charge in [0, 0.05) is 45.7 Å². The highest BCUT2D eigenvalue weighted by Gasteiger charge is 2.21. The van der Waals surface area contributed by atoms with E-state index in [4.69, 9.17) is 16.3 Å². The lowest BCUT2D eigenvalue weighted by molar-refractivity contribution is 0.0994. The first-order valence-corrected chi connectivity index (χ1v) is 11.1. The van der Waals surface area contributed by atoms with Crippen LogP contribution in [-0.4, -0.2) is 39.0 Å². The van der Waals surface area contributed by atoms with E-state index in [0.29, 0.717) is 37.3 Å². The number of aromatic nitrogens is 1. The fourth-order valence-corrected chi connectivity index (χ4v) is 4.27. The van der Waals surface area contributed by atoms with Crippen molar-refractivity contribution in [3.8, 4) is 16.9 Å². The van der Waals surface area contributed by atoms with Crippen molar-refractivity contribution in [1.29, 1.82) is 0 Å². The molecule has 3 aromatic carbocycles. The number of aryl methyl sites for hydroxylation is 1. The molecule has 0 saturated heterocycles. The Morgan fingerprint density at radius 2 is 1.88 bits per heavy atom. The largest absolute Gasteiger partial charge is 0.496 e. The third kappa shape index (κ3) is 4.52. The number of Topliss-reactive ketones (excluding diaryl/α,β-unsaturated/α-hetero) is 1. The molecule has 0 amide bonds. The molecular formula is C27H27ClFN2O2+. The number of quaternary nitrogens is 1. The summed E-state index contributed by atoms with van der Waals surface area (Å²) in [6.07, 6.45) is 1.76. The van der Waals surface area contributed by atoms with Gasteiger partial charge in [0.05, 0.1) is 28.3 Å².